The molecule has 1 N–H and O–H groups in total. The van der Waals surface area contributed by atoms with Crippen molar-refractivity contribution >= 4 is 27.6 Å². The average molecular weight is 329 g/mol. The summed E-state index contributed by atoms with van der Waals surface area (Å²) >= 11 is 3.39. The van der Waals surface area contributed by atoms with Gasteiger partial charge in [-0.1, -0.05) is 0 Å². The summed E-state index contributed by atoms with van der Waals surface area (Å²) in [5, 5.41) is 2.85. The van der Waals surface area contributed by atoms with Crippen LogP contribution < -0.4 is 14.8 Å². The largest absolute Gasteiger partial charge is 0.495 e. The number of hydrogen-bond donors (Lipinski definition) is 1. The van der Waals surface area contributed by atoms with Crippen LogP contribution in [0.1, 0.15) is 12.8 Å². The molecule has 1 saturated carbocycles. The van der Waals surface area contributed by atoms with E-state index in [-0.39, 0.29) is 6.03 Å². The fourth-order valence-electron chi connectivity index (χ4n) is 1.79. The minimum absolute atomic E-state index is 0.127. The van der Waals surface area contributed by atoms with Crippen LogP contribution in [-0.2, 0) is 0 Å². The lowest BCUT2D eigenvalue weighted by Gasteiger charge is -2.19. The Bertz CT molecular complexity index is 489. The predicted octanol–water partition coefficient (Wildman–Crippen LogP) is 3.09. The monoisotopic (exact) mass is 328 g/mol. The summed E-state index contributed by atoms with van der Waals surface area (Å²) in [5.74, 6) is 1.22. The highest BCUT2D eigenvalue weighted by atomic mass is 79.9. The summed E-state index contributed by atoms with van der Waals surface area (Å²) in [6.07, 6.45) is 2.15. The number of halogens is 1. The molecule has 2 amide bonds. The van der Waals surface area contributed by atoms with E-state index in [0.717, 1.165) is 17.3 Å². The molecule has 1 aromatic carbocycles. The second kappa shape index (κ2) is 5.69. The van der Waals surface area contributed by atoms with Gasteiger partial charge in [0.1, 0.15) is 11.5 Å². The normalized spacial score (nSPS) is 13.9. The fraction of sp³-hybridized carbons (Fsp3) is 0.462. The molecular weight excluding hydrogens is 312 g/mol. The van der Waals surface area contributed by atoms with Crippen molar-refractivity contribution < 1.29 is 14.3 Å². The Morgan fingerprint density at radius 2 is 1.95 bits per heavy atom. The lowest BCUT2D eigenvalue weighted by atomic mass is 10.2. The van der Waals surface area contributed by atoms with E-state index in [1.165, 1.54) is 0 Å². The van der Waals surface area contributed by atoms with E-state index < -0.39 is 0 Å². The first kappa shape index (κ1) is 14.0. The molecule has 0 heterocycles. The van der Waals surface area contributed by atoms with Gasteiger partial charge in [-0.05, 0) is 34.8 Å². The molecule has 0 spiro atoms. The van der Waals surface area contributed by atoms with Gasteiger partial charge in [-0.3, -0.25) is 0 Å². The Labute approximate surface area is 121 Å². The van der Waals surface area contributed by atoms with Gasteiger partial charge in [0.15, 0.2) is 0 Å². The number of ether oxygens (including phenoxy) is 2. The van der Waals surface area contributed by atoms with Gasteiger partial charge in [-0.15, -0.1) is 0 Å². The quantitative estimate of drug-likeness (QED) is 0.923. The van der Waals surface area contributed by atoms with E-state index in [9.17, 15) is 4.79 Å². The third kappa shape index (κ3) is 3.12. The Balaban J connectivity index is 2.18. The molecule has 1 aliphatic rings. The highest BCUT2D eigenvalue weighted by Gasteiger charge is 2.30. The number of rotatable bonds is 4. The number of methoxy groups -OCH3 is 2. The number of amides is 2. The first-order chi connectivity index (χ1) is 9.06. The number of benzene rings is 1. The van der Waals surface area contributed by atoms with Crippen LogP contribution in [0.25, 0.3) is 0 Å². The maximum atomic E-state index is 12.0. The SMILES string of the molecule is COc1cc(OC)c(NC(=O)N(C)C2CC2)cc1Br. The summed E-state index contributed by atoms with van der Waals surface area (Å²) in [6, 6.07) is 3.75. The molecule has 104 valence electrons. The summed E-state index contributed by atoms with van der Waals surface area (Å²) in [5.41, 5.74) is 0.618. The van der Waals surface area contributed by atoms with E-state index in [2.05, 4.69) is 21.2 Å². The van der Waals surface area contributed by atoms with E-state index in [0.29, 0.717) is 23.2 Å². The molecular formula is C13H17BrN2O3. The van der Waals surface area contributed by atoms with Crippen LogP contribution in [0.2, 0.25) is 0 Å². The third-order valence-corrected chi connectivity index (χ3v) is 3.75. The van der Waals surface area contributed by atoms with Crippen LogP contribution in [-0.4, -0.2) is 38.2 Å². The maximum Gasteiger partial charge on any atom is 0.321 e. The van der Waals surface area contributed by atoms with Gasteiger partial charge in [0.2, 0.25) is 0 Å². The van der Waals surface area contributed by atoms with E-state index in [1.807, 2.05) is 0 Å². The fourth-order valence-corrected chi connectivity index (χ4v) is 2.29. The van der Waals surface area contributed by atoms with Crippen molar-refractivity contribution in [2.75, 3.05) is 26.6 Å². The zero-order valence-electron chi connectivity index (χ0n) is 11.2. The first-order valence-corrected chi connectivity index (χ1v) is 6.81. The van der Waals surface area contributed by atoms with Crippen LogP contribution in [0.3, 0.4) is 0 Å². The number of nitrogens with zero attached hydrogens (tertiary/aromatic N) is 1. The van der Waals surface area contributed by atoms with Gasteiger partial charge in [-0.2, -0.15) is 0 Å². The van der Waals surface area contributed by atoms with Gasteiger partial charge in [0.25, 0.3) is 0 Å². The van der Waals surface area contributed by atoms with Gasteiger partial charge in [-0.25, -0.2) is 4.79 Å². The van der Waals surface area contributed by atoms with Crippen LogP contribution in [0.15, 0.2) is 16.6 Å². The second-order valence-corrected chi connectivity index (χ2v) is 5.31. The molecule has 0 atom stereocenters. The van der Waals surface area contributed by atoms with Crippen molar-refractivity contribution in [2.24, 2.45) is 0 Å². The van der Waals surface area contributed by atoms with Crippen molar-refractivity contribution in [2.45, 2.75) is 18.9 Å². The zero-order chi connectivity index (χ0) is 14.0. The smallest absolute Gasteiger partial charge is 0.321 e. The lowest BCUT2D eigenvalue weighted by molar-refractivity contribution is 0.220. The Kier molecular flexibility index (Phi) is 4.19. The summed E-state index contributed by atoms with van der Waals surface area (Å²) in [7, 11) is 4.94. The molecule has 0 radical (unpaired) electrons. The molecule has 5 nitrogen and oxygen atoms in total. The zero-order valence-corrected chi connectivity index (χ0v) is 12.8. The highest BCUT2D eigenvalue weighted by molar-refractivity contribution is 9.10. The van der Waals surface area contributed by atoms with Crippen LogP contribution >= 0.6 is 15.9 Å². The molecule has 1 fully saturated rings. The van der Waals surface area contributed by atoms with Crippen molar-refractivity contribution in [3.63, 3.8) is 0 Å². The van der Waals surface area contributed by atoms with Crippen molar-refractivity contribution in [3.8, 4) is 11.5 Å². The Morgan fingerprint density at radius 3 is 2.47 bits per heavy atom. The Morgan fingerprint density at radius 1 is 1.32 bits per heavy atom. The average Bonchev–Trinajstić information content (AvgIpc) is 3.22. The molecule has 1 aromatic rings. The van der Waals surface area contributed by atoms with Crippen LogP contribution in [0.5, 0.6) is 11.5 Å². The van der Waals surface area contributed by atoms with Gasteiger partial charge in [0, 0.05) is 19.2 Å². The molecule has 0 aliphatic heterocycles. The lowest BCUT2D eigenvalue weighted by Crippen LogP contribution is -2.33. The van der Waals surface area contributed by atoms with Crippen LogP contribution in [0.4, 0.5) is 10.5 Å². The molecule has 0 unspecified atom stereocenters. The standard InChI is InChI=1S/C13H17BrN2O3/c1-16(8-4-5-8)13(17)15-10-6-9(14)11(18-2)7-12(10)19-3/h6-8H,4-5H2,1-3H3,(H,15,17). The molecule has 0 bridgehead atoms. The van der Waals surface area contributed by atoms with E-state index in [4.69, 9.17) is 9.47 Å². The summed E-state index contributed by atoms with van der Waals surface area (Å²) < 4.78 is 11.2. The first-order valence-electron chi connectivity index (χ1n) is 6.02. The third-order valence-electron chi connectivity index (χ3n) is 3.13. The van der Waals surface area contributed by atoms with Gasteiger partial charge < -0.3 is 19.7 Å². The van der Waals surface area contributed by atoms with Crippen molar-refractivity contribution in [3.05, 3.63) is 16.6 Å². The molecule has 1 aliphatic carbocycles. The molecule has 19 heavy (non-hydrogen) atoms. The minimum atomic E-state index is -0.127. The number of nitrogens with one attached hydrogen (secondary N) is 1. The minimum Gasteiger partial charge on any atom is -0.495 e. The number of carbonyl (C=O) groups is 1. The van der Waals surface area contributed by atoms with Gasteiger partial charge in [0.05, 0.1) is 24.4 Å². The van der Waals surface area contributed by atoms with E-state index in [1.54, 1.807) is 38.3 Å². The second-order valence-electron chi connectivity index (χ2n) is 4.46. The Hall–Kier alpha value is -1.43. The molecule has 6 heteroatoms. The maximum absolute atomic E-state index is 12.0. The number of anilines is 1. The van der Waals surface area contributed by atoms with Crippen molar-refractivity contribution in [1.82, 2.24) is 4.90 Å². The number of urea groups is 1. The number of hydrogen-bond acceptors (Lipinski definition) is 3. The topological polar surface area (TPSA) is 50.8 Å². The van der Waals surface area contributed by atoms with Crippen LogP contribution in [0, 0.1) is 0 Å². The molecule has 0 saturated heterocycles. The summed E-state index contributed by atoms with van der Waals surface area (Å²) in [4.78, 5) is 13.8. The molecule has 0 aromatic heterocycles. The van der Waals surface area contributed by atoms with Crippen molar-refractivity contribution in [1.29, 1.82) is 0 Å². The number of carbonyl (C=O) groups excluding carboxylic acids is 1. The van der Waals surface area contributed by atoms with E-state index >= 15 is 0 Å². The van der Waals surface area contributed by atoms with Gasteiger partial charge >= 0.3 is 6.03 Å². The predicted molar refractivity (Wildman–Crippen MR) is 77.0 cm³/mol. The molecule has 2 rings (SSSR count). The summed E-state index contributed by atoms with van der Waals surface area (Å²) in [6.45, 7) is 0. The highest BCUT2D eigenvalue weighted by Crippen LogP contribution is 2.36.